The number of nitrogens with one attached hydrogen (secondary N) is 1. The Morgan fingerprint density at radius 2 is 1.88 bits per heavy atom. The van der Waals surface area contributed by atoms with Crippen molar-refractivity contribution in [2.75, 3.05) is 39.3 Å². The molecule has 2 fully saturated rings. The number of nitrogens with zero attached hydrogens (tertiary/aromatic N) is 2. The normalized spacial score (nSPS) is 20.6. The van der Waals surface area contributed by atoms with Crippen LogP contribution in [0.5, 0.6) is 5.75 Å². The highest BCUT2D eigenvalue weighted by atomic mass is 16.5. The van der Waals surface area contributed by atoms with Crippen molar-refractivity contribution < 1.29 is 14.3 Å². The molecule has 0 aliphatic carbocycles. The van der Waals surface area contributed by atoms with Crippen molar-refractivity contribution in [1.82, 2.24) is 15.1 Å². The molecule has 0 saturated carbocycles. The summed E-state index contributed by atoms with van der Waals surface area (Å²) in [6.45, 7) is 5.81. The second kappa shape index (κ2) is 8.34. The summed E-state index contributed by atoms with van der Waals surface area (Å²) in [7, 11) is 0. The molecule has 3 rings (SSSR count). The van der Waals surface area contributed by atoms with E-state index in [1.165, 1.54) is 0 Å². The zero-order valence-electron chi connectivity index (χ0n) is 14.9. The molecule has 6 heteroatoms. The number of ether oxygens (including phenoxy) is 1. The summed E-state index contributed by atoms with van der Waals surface area (Å²) in [5, 5.41) is 3.37. The fraction of sp³-hybridized carbons (Fsp3) is 0.579. The molecule has 0 bridgehead atoms. The van der Waals surface area contributed by atoms with Gasteiger partial charge in [0.05, 0.1) is 12.2 Å². The molecule has 136 valence electrons. The minimum atomic E-state index is -0.0198. The Balaban J connectivity index is 1.55. The van der Waals surface area contributed by atoms with Gasteiger partial charge in [-0.2, -0.15) is 0 Å². The Hall–Kier alpha value is -2.08. The van der Waals surface area contributed by atoms with Crippen molar-refractivity contribution >= 4 is 11.8 Å². The number of piperazine rings is 1. The Morgan fingerprint density at radius 1 is 1.16 bits per heavy atom. The second-order valence-electron chi connectivity index (χ2n) is 6.60. The zero-order valence-corrected chi connectivity index (χ0v) is 14.9. The Bertz CT molecular complexity index is 606. The highest BCUT2D eigenvalue weighted by Gasteiger charge is 2.28. The van der Waals surface area contributed by atoms with Crippen LogP contribution in [-0.2, 0) is 4.79 Å². The summed E-state index contributed by atoms with van der Waals surface area (Å²) in [4.78, 5) is 28.9. The van der Waals surface area contributed by atoms with E-state index in [1.807, 2.05) is 34.9 Å². The summed E-state index contributed by atoms with van der Waals surface area (Å²) in [6, 6.07) is 7.67. The van der Waals surface area contributed by atoms with Crippen molar-refractivity contribution in [1.29, 1.82) is 0 Å². The lowest BCUT2D eigenvalue weighted by atomic mass is 10.1. The summed E-state index contributed by atoms with van der Waals surface area (Å²) in [5.41, 5.74) is 0.597. The highest BCUT2D eigenvalue weighted by molar-refractivity contribution is 5.97. The van der Waals surface area contributed by atoms with Crippen LogP contribution in [0.1, 0.15) is 36.5 Å². The molecule has 2 aliphatic rings. The van der Waals surface area contributed by atoms with Crippen molar-refractivity contribution in [3.8, 4) is 5.75 Å². The molecule has 0 aromatic heterocycles. The molecular weight excluding hydrogens is 318 g/mol. The predicted molar refractivity (Wildman–Crippen MR) is 95.7 cm³/mol. The van der Waals surface area contributed by atoms with Gasteiger partial charge in [0.1, 0.15) is 5.75 Å². The van der Waals surface area contributed by atoms with E-state index in [0.717, 1.165) is 19.4 Å². The Labute approximate surface area is 149 Å². The second-order valence-corrected chi connectivity index (χ2v) is 6.60. The third kappa shape index (κ3) is 4.31. The average molecular weight is 345 g/mol. The van der Waals surface area contributed by atoms with E-state index in [0.29, 0.717) is 56.6 Å². The maximum Gasteiger partial charge on any atom is 0.257 e. The topological polar surface area (TPSA) is 61.9 Å². The molecule has 2 aliphatic heterocycles. The molecule has 0 spiro atoms. The van der Waals surface area contributed by atoms with Crippen LogP contribution in [-0.4, -0.2) is 67.0 Å². The molecule has 1 aromatic carbocycles. The van der Waals surface area contributed by atoms with Crippen LogP contribution in [0, 0.1) is 0 Å². The van der Waals surface area contributed by atoms with Gasteiger partial charge in [0, 0.05) is 38.6 Å². The first-order valence-corrected chi connectivity index (χ1v) is 9.21. The van der Waals surface area contributed by atoms with Gasteiger partial charge in [-0.1, -0.05) is 12.1 Å². The average Bonchev–Trinajstić information content (AvgIpc) is 3.15. The summed E-state index contributed by atoms with van der Waals surface area (Å²) in [5.74, 6) is 0.802. The summed E-state index contributed by atoms with van der Waals surface area (Å²) >= 11 is 0. The van der Waals surface area contributed by atoms with E-state index in [2.05, 4.69) is 5.32 Å². The van der Waals surface area contributed by atoms with Gasteiger partial charge in [0.25, 0.3) is 5.91 Å². The van der Waals surface area contributed by atoms with E-state index < -0.39 is 0 Å². The molecule has 0 radical (unpaired) electrons. The van der Waals surface area contributed by atoms with Gasteiger partial charge in [-0.05, 0) is 38.4 Å². The Kier molecular flexibility index (Phi) is 5.91. The largest absolute Gasteiger partial charge is 0.493 e. The minimum Gasteiger partial charge on any atom is -0.493 e. The van der Waals surface area contributed by atoms with E-state index in [-0.39, 0.29) is 11.8 Å². The smallest absolute Gasteiger partial charge is 0.257 e. The number of hydrogen-bond acceptors (Lipinski definition) is 4. The lowest BCUT2D eigenvalue weighted by molar-refractivity contribution is -0.133. The third-order valence-electron chi connectivity index (χ3n) is 4.92. The number of carbonyl (C=O) groups excluding carboxylic acids is 2. The van der Waals surface area contributed by atoms with Gasteiger partial charge in [0.2, 0.25) is 5.91 Å². The number of carbonyl (C=O) groups is 2. The van der Waals surface area contributed by atoms with Crippen LogP contribution in [0.15, 0.2) is 24.3 Å². The number of benzene rings is 1. The molecule has 6 nitrogen and oxygen atoms in total. The maximum atomic E-state index is 12.8. The van der Waals surface area contributed by atoms with Gasteiger partial charge in [-0.25, -0.2) is 0 Å². The molecule has 2 heterocycles. The number of para-hydroxylation sites is 1. The molecule has 2 amide bonds. The fourth-order valence-electron chi connectivity index (χ4n) is 3.52. The fourth-order valence-corrected chi connectivity index (χ4v) is 3.52. The van der Waals surface area contributed by atoms with Crippen molar-refractivity contribution in [3.63, 3.8) is 0 Å². The Morgan fingerprint density at radius 3 is 2.56 bits per heavy atom. The molecule has 2 saturated heterocycles. The van der Waals surface area contributed by atoms with Crippen molar-refractivity contribution in [2.24, 2.45) is 0 Å². The molecular formula is C19H27N3O3. The highest BCUT2D eigenvalue weighted by Crippen LogP contribution is 2.21. The number of hydrogen-bond donors (Lipinski definition) is 1. The zero-order chi connectivity index (χ0) is 17.6. The molecule has 1 unspecified atom stereocenters. The van der Waals surface area contributed by atoms with Gasteiger partial charge < -0.3 is 19.9 Å². The first-order chi connectivity index (χ1) is 12.2. The first-order valence-electron chi connectivity index (χ1n) is 9.21. The monoisotopic (exact) mass is 345 g/mol. The van der Waals surface area contributed by atoms with Crippen LogP contribution >= 0.6 is 0 Å². The minimum absolute atomic E-state index is 0.0198. The standard InChI is InChI=1S/C19H27N3O3/c1-2-25-17-8-4-3-7-16(17)19(24)22-12-10-21(11-13-22)18(23)14-15-6-5-9-20-15/h3-4,7-8,15,20H,2,5-6,9-14H2,1H3. The van der Waals surface area contributed by atoms with Gasteiger partial charge in [0.15, 0.2) is 0 Å². The van der Waals surface area contributed by atoms with Gasteiger partial charge in [-0.15, -0.1) is 0 Å². The van der Waals surface area contributed by atoms with Crippen molar-refractivity contribution in [2.45, 2.75) is 32.2 Å². The van der Waals surface area contributed by atoms with Gasteiger partial charge in [-0.3, -0.25) is 9.59 Å². The van der Waals surface area contributed by atoms with E-state index >= 15 is 0 Å². The van der Waals surface area contributed by atoms with E-state index in [4.69, 9.17) is 4.74 Å². The van der Waals surface area contributed by atoms with E-state index in [1.54, 1.807) is 6.07 Å². The first kappa shape index (κ1) is 17.7. The molecule has 25 heavy (non-hydrogen) atoms. The lowest BCUT2D eigenvalue weighted by Gasteiger charge is -2.35. The molecule has 1 atom stereocenters. The molecule has 1 N–H and O–H groups in total. The van der Waals surface area contributed by atoms with Crippen LogP contribution in [0.25, 0.3) is 0 Å². The maximum absolute atomic E-state index is 12.8. The van der Waals surface area contributed by atoms with Crippen LogP contribution < -0.4 is 10.1 Å². The van der Waals surface area contributed by atoms with Crippen molar-refractivity contribution in [3.05, 3.63) is 29.8 Å². The number of amides is 2. The summed E-state index contributed by atoms with van der Waals surface area (Å²) in [6.07, 6.45) is 2.80. The van der Waals surface area contributed by atoms with Crippen LogP contribution in [0.3, 0.4) is 0 Å². The predicted octanol–water partition coefficient (Wildman–Crippen LogP) is 1.51. The van der Waals surface area contributed by atoms with Gasteiger partial charge >= 0.3 is 0 Å². The van der Waals surface area contributed by atoms with Crippen LogP contribution in [0.2, 0.25) is 0 Å². The van der Waals surface area contributed by atoms with E-state index in [9.17, 15) is 9.59 Å². The lowest BCUT2D eigenvalue weighted by Crippen LogP contribution is -2.51. The number of rotatable bonds is 5. The molecule has 1 aromatic rings. The quantitative estimate of drug-likeness (QED) is 0.879. The van der Waals surface area contributed by atoms with Crippen LogP contribution in [0.4, 0.5) is 0 Å². The summed E-state index contributed by atoms with van der Waals surface area (Å²) < 4.78 is 5.56. The third-order valence-corrected chi connectivity index (χ3v) is 4.92. The SMILES string of the molecule is CCOc1ccccc1C(=O)N1CCN(C(=O)CC2CCCN2)CC1.